The Morgan fingerprint density at radius 2 is 1.84 bits per heavy atom. The topological polar surface area (TPSA) is 46.5 Å². The quantitative estimate of drug-likeness (QED) is 0.571. The van der Waals surface area contributed by atoms with Gasteiger partial charge in [0.05, 0.1) is 12.7 Å². The summed E-state index contributed by atoms with van der Waals surface area (Å²) in [6.07, 6.45) is 7.83. The maximum atomic E-state index is 4.22. The summed E-state index contributed by atoms with van der Waals surface area (Å²) >= 11 is 0. The summed E-state index contributed by atoms with van der Waals surface area (Å²) in [5.41, 5.74) is 3.86. The fourth-order valence-corrected chi connectivity index (χ4v) is 3.75. The van der Waals surface area contributed by atoms with Crippen molar-refractivity contribution in [3.05, 3.63) is 84.3 Å². The average Bonchev–Trinajstić information content (AvgIpc) is 3.32. The van der Waals surface area contributed by atoms with Crippen LogP contribution < -0.4 is 0 Å². The highest BCUT2D eigenvalue weighted by Crippen LogP contribution is 2.35. The van der Waals surface area contributed by atoms with Gasteiger partial charge in [0.2, 0.25) is 0 Å². The van der Waals surface area contributed by atoms with Crippen molar-refractivity contribution in [1.29, 1.82) is 0 Å². The number of hydrogen-bond donors (Lipinski definition) is 1. The second-order valence-electron chi connectivity index (χ2n) is 6.64. The lowest BCUT2D eigenvalue weighted by atomic mass is 9.73. The highest BCUT2D eigenvalue weighted by molar-refractivity contribution is 5.83. The highest BCUT2D eigenvalue weighted by Gasteiger charge is 2.32. The molecule has 0 amide bonds. The molecule has 0 aliphatic heterocycles. The Morgan fingerprint density at radius 3 is 2.60 bits per heavy atom. The normalized spacial score (nSPS) is 13.8. The number of nitrogens with one attached hydrogen (secondary N) is 1. The van der Waals surface area contributed by atoms with E-state index < -0.39 is 0 Å². The van der Waals surface area contributed by atoms with Crippen LogP contribution in [0.4, 0.5) is 0 Å². The van der Waals surface area contributed by atoms with Crippen molar-refractivity contribution in [3.63, 3.8) is 0 Å². The number of aromatic amines is 1. The third-order valence-electron chi connectivity index (χ3n) is 5.20. The molecule has 0 radical (unpaired) electrons. The van der Waals surface area contributed by atoms with Gasteiger partial charge in [-0.2, -0.15) is 0 Å². The van der Waals surface area contributed by atoms with E-state index in [4.69, 9.17) is 0 Å². The number of hydrogen-bond acceptors (Lipinski definition) is 2. The van der Waals surface area contributed by atoms with Gasteiger partial charge in [-0.3, -0.25) is 4.68 Å². The van der Waals surface area contributed by atoms with E-state index in [9.17, 15) is 0 Å². The molecule has 126 valence electrons. The first-order valence-electron chi connectivity index (χ1n) is 8.75. The van der Waals surface area contributed by atoms with Crippen molar-refractivity contribution in [1.82, 2.24) is 20.0 Å². The van der Waals surface area contributed by atoms with Crippen LogP contribution in [0.3, 0.4) is 0 Å². The van der Waals surface area contributed by atoms with Gasteiger partial charge in [-0.15, -0.1) is 5.10 Å². The van der Waals surface area contributed by atoms with Crippen molar-refractivity contribution in [2.75, 3.05) is 0 Å². The van der Waals surface area contributed by atoms with Crippen LogP contribution in [0.1, 0.15) is 24.5 Å². The Labute approximate surface area is 147 Å². The zero-order chi connectivity index (χ0) is 17.1. The molecule has 2 aromatic carbocycles. The fraction of sp³-hybridized carbons (Fsp3) is 0.238. The molecule has 4 rings (SSSR count). The van der Waals surface area contributed by atoms with Crippen LogP contribution in [0.25, 0.3) is 10.9 Å². The van der Waals surface area contributed by atoms with Gasteiger partial charge in [0.15, 0.2) is 0 Å². The molecular formula is C21H22N4. The fourth-order valence-electron chi connectivity index (χ4n) is 3.75. The minimum Gasteiger partial charge on any atom is -0.361 e. The van der Waals surface area contributed by atoms with Crippen molar-refractivity contribution in [3.8, 4) is 0 Å². The van der Waals surface area contributed by atoms with Gasteiger partial charge < -0.3 is 4.98 Å². The SMILES string of the molecule is CCC(Cc1c[nH]c2ccccc12)(Cn1ccnn1)c1ccccc1. The van der Waals surface area contributed by atoms with E-state index >= 15 is 0 Å². The van der Waals surface area contributed by atoms with E-state index in [-0.39, 0.29) is 5.41 Å². The van der Waals surface area contributed by atoms with Crippen molar-refractivity contribution >= 4 is 10.9 Å². The molecular weight excluding hydrogens is 308 g/mol. The number of benzene rings is 2. The Bertz CT molecular complexity index is 940. The Morgan fingerprint density at radius 1 is 1.04 bits per heavy atom. The maximum Gasteiger partial charge on any atom is 0.0692 e. The molecule has 4 nitrogen and oxygen atoms in total. The zero-order valence-electron chi connectivity index (χ0n) is 14.4. The maximum absolute atomic E-state index is 4.22. The smallest absolute Gasteiger partial charge is 0.0692 e. The van der Waals surface area contributed by atoms with Gasteiger partial charge in [-0.1, -0.05) is 60.7 Å². The molecule has 0 saturated heterocycles. The number of H-pyrrole nitrogens is 1. The lowest BCUT2D eigenvalue weighted by Gasteiger charge is -2.33. The third-order valence-corrected chi connectivity index (χ3v) is 5.20. The Kier molecular flexibility index (Phi) is 4.10. The first-order chi connectivity index (χ1) is 12.3. The molecule has 1 atom stereocenters. The van der Waals surface area contributed by atoms with Crippen LogP contribution in [0.2, 0.25) is 0 Å². The lowest BCUT2D eigenvalue weighted by molar-refractivity contribution is 0.326. The number of rotatable bonds is 6. The molecule has 1 unspecified atom stereocenters. The second-order valence-corrected chi connectivity index (χ2v) is 6.64. The zero-order valence-corrected chi connectivity index (χ0v) is 14.4. The molecule has 0 bridgehead atoms. The summed E-state index contributed by atoms with van der Waals surface area (Å²) in [5, 5.41) is 9.51. The first-order valence-corrected chi connectivity index (χ1v) is 8.75. The summed E-state index contributed by atoms with van der Waals surface area (Å²) in [6, 6.07) is 19.3. The molecule has 4 heteroatoms. The minimum absolute atomic E-state index is 0.0279. The third kappa shape index (κ3) is 2.95. The minimum atomic E-state index is -0.0279. The average molecular weight is 330 g/mol. The van der Waals surface area contributed by atoms with Crippen molar-refractivity contribution in [2.45, 2.75) is 31.7 Å². The van der Waals surface area contributed by atoms with Crippen LogP contribution in [0, 0.1) is 0 Å². The molecule has 4 aromatic rings. The Balaban J connectivity index is 1.79. The molecule has 1 N–H and O–H groups in total. The first kappa shape index (κ1) is 15.6. The van der Waals surface area contributed by atoms with E-state index in [0.29, 0.717) is 0 Å². The van der Waals surface area contributed by atoms with Crippen LogP contribution >= 0.6 is 0 Å². The van der Waals surface area contributed by atoms with Gasteiger partial charge in [0.1, 0.15) is 0 Å². The van der Waals surface area contributed by atoms with Gasteiger partial charge >= 0.3 is 0 Å². The van der Waals surface area contributed by atoms with Gasteiger partial charge in [0, 0.05) is 28.7 Å². The largest absolute Gasteiger partial charge is 0.361 e. The van der Waals surface area contributed by atoms with Gasteiger partial charge in [-0.25, -0.2) is 0 Å². The van der Waals surface area contributed by atoms with Gasteiger partial charge in [0.25, 0.3) is 0 Å². The molecule has 0 saturated carbocycles. The lowest BCUT2D eigenvalue weighted by Crippen LogP contribution is -2.34. The number of nitrogens with zero attached hydrogens (tertiary/aromatic N) is 3. The molecule has 0 aliphatic rings. The molecule has 0 spiro atoms. The molecule has 0 aliphatic carbocycles. The van der Waals surface area contributed by atoms with Crippen molar-refractivity contribution in [2.24, 2.45) is 0 Å². The molecule has 2 aromatic heterocycles. The molecule has 2 heterocycles. The van der Waals surface area contributed by atoms with Crippen LogP contribution in [0.5, 0.6) is 0 Å². The van der Waals surface area contributed by atoms with E-state index in [2.05, 4.69) is 83.0 Å². The number of aromatic nitrogens is 4. The summed E-state index contributed by atoms with van der Waals surface area (Å²) in [5.74, 6) is 0. The predicted octanol–water partition coefficient (Wildman–Crippen LogP) is 4.35. The monoisotopic (exact) mass is 330 g/mol. The predicted molar refractivity (Wildman–Crippen MR) is 100 cm³/mol. The second kappa shape index (κ2) is 6.55. The summed E-state index contributed by atoms with van der Waals surface area (Å²) < 4.78 is 1.95. The standard InChI is InChI=1S/C21H22N4/c1-2-21(16-25-13-12-23-24-25,18-8-4-3-5-9-18)14-17-15-22-20-11-7-6-10-19(17)20/h3-13,15,22H,2,14,16H2,1H3. The van der Waals surface area contributed by atoms with E-state index in [1.54, 1.807) is 6.20 Å². The van der Waals surface area contributed by atoms with E-state index in [1.165, 1.54) is 22.0 Å². The van der Waals surface area contributed by atoms with E-state index in [1.807, 2.05) is 10.9 Å². The van der Waals surface area contributed by atoms with Crippen LogP contribution in [0.15, 0.2) is 73.2 Å². The van der Waals surface area contributed by atoms with Crippen LogP contribution in [-0.4, -0.2) is 20.0 Å². The van der Waals surface area contributed by atoms with E-state index in [0.717, 1.165) is 19.4 Å². The van der Waals surface area contributed by atoms with Crippen LogP contribution in [-0.2, 0) is 18.4 Å². The molecule has 25 heavy (non-hydrogen) atoms. The van der Waals surface area contributed by atoms with Crippen molar-refractivity contribution < 1.29 is 0 Å². The summed E-state index contributed by atoms with van der Waals surface area (Å²) in [6.45, 7) is 3.08. The number of fused-ring (bicyclic) bond motifs is 1. The summed E-state index contributed by atoms with van der Waals surface area (Å²) in [7, 11) is 0. The summed E-state index contributed by atoms with van der Waals surface area (Å²) in [4.78, 5) is 3.41. The highest BCUT2D eigenvalue weighted by atomic mass is 15.4. The molecule has 0 fully saturated rings. The number of para-hydroxylation sites is 1. The Hall–Kier alpha value is -2.88. The van der Waals surface area contributed by atoms with Gasteiger partial charge in [-0.05, 0) is 30.0 Å².